The molecule has 0 aliphatic rings. The highest BCUT2D eigenvalue weighted by Gasteiger charge is 2.20. The molecule has 0 aromatic rings. The van der Waals surface area contributed by atoms with Crippen molar-refractivity contribution in [3.63, 3.8) is 0 Å². The van der Waals surface area contributed by atoms with Crippen molar-refractivity contribution in [2.24, 2.45) is 0 Å². The van der Waals surface area contributed by atoms with Gasteiger partial charge >= 0.3 is 5.97 Å². The summed E-state index contributed by atoms with van der Waals surface area (Å²) < 4.78 is 5.47. The molecule has 1 amide bonds. The molecule has 0 aliphatic heterocycles. The molecule has 2 unspecified atom stereocenters. The minimum absolute atomic E-state index is 0.0147. The smallest absolute Gasteiger partial charge is 0.305 e. The number of hydrogen-bond donors (Lipinski definition) is 3. The number of hydrogen-bond acceptors (Lipinski definition) is 5. The van der Waals surface area contributed by atoms with Crippen molar-refractivity contribution in [2.45, 2.75) is 347 Å². The highest BCUT2D eigenvalue weighted by molar-refractivity contribution is 5.76. The Bertz CT molecular complexity index is 913. The molecule has 2 atom stereocenters. The van der Waals surface area contributed by atoms with Gasteiger partial charge in [0.1, 0.15) is 0 Å². The summed E-state index contributed by atoms with van der Waals surface area (Å²) in [4.78, 5) is 24.5. The highest BCUT2D eigenvalue weighted by Crippen LogP contribution is 2.18. The number of aliphatic hydroxyl groups is 2. The minimum atomic E-state index is -0.662. The molecule has 0 radical (unpaired) electrons. The number of carbonyl (C=O) groups excluding carboxylic acids is 2. The van der Waals surface area contributed by atoms with Crippen LogP contribution in [0.3, 0.4) is 0 Å². The molecule has 0 fully saturated rings. The van der Waals surface area contributed by atoms with Gasteiger partial charge in [0.05, 0.1) is 25.4 Å². The molecule has 0 spiro atoms. The van der Waals surface area contributed by atoms with Crippen molar-refractivity contribution in [2.75, 3.05) is 13.2 Å². The van der Waals surface area contributed by atoms with Crippen LogP contribution < -0.4 is 5.32 Å². The van der Waals surface area contributed by atoms with Crippen LogP contribution in [0.5, 0.6) is 0 Å². The Morgan fingerprint density at radius 1 is 0.375 bits per heavy atom. The van der Waals surface area contributed by atoms with Gasteiger partial charge in [-0.25, -0.2) is 0 Å². The molecule has 0 aliphatic carbocycles. The summed E-state index contributed by atoms with van der Waals surface area (Å²) in [6.45, 7) is 4.97. The van der Waals surface area contributed by atoms with Crippen LogP contribution in [0.1, 0.15) is 335 Å². The van der Waals surface area contributed by atoms with Crippen LogP contribution in [0.15, 0.2) is 0 Å². The normalized spacial score (nSPS) is 12.5. The largest absolute Gasteiger partial charge is 0.466 e. The zero-order valence-corrected chi connectivity index (χ0v) is 43.5. The molecule has 0 rings (SSSR count). The van der Waals surface area contributed by atoms with Crippen LogP contribution in [0.4, 0.5) is 0 Å². The maximum absolute atomic E-state index is 12.5. The molecular weight excluding hydrogens is 791 g/mol. The topological polar surface area (TPSA) is 95.9 Å². The summed E-state index contributed by atoms with van der Waals surface area (Å²) in [6.07, 6.45) is 62.4. The zero-order valence-electron chi connectivity index (χ0n) is 43.5. The van der Waals surface area contributed by atoms with Crippen molar-refractivity contribution in [1.29, 1.82) is 0 Å². The molecule has 3 N–H and O–H groups in total. The Balaban J connectivity index is 3.36. The van der Waals surface area contributed by atoms with Crippen molar-refractivity contribution in [3.8, 4) is 0 Å². The van der Waals surface area contributed by atoms with E-state index in [0.717, 1.165) is 38.5 Å². The number of aliphatic hydroxyl groups excluding tert-OH is 2. The van der Waals surface area contributed by atoms with E-state index in [0.29, 0.717) is 25.9 Å². The van der Waals surface area contributed by atoms with Gasteiger partial charge in [-0.1, -0.05) is 296 Å². The van der Waals surface area contributed by atoms with Crippen molar-refractivity contribution in [3.05, 3.63) is 0 Å². The van der Waals surface area contributed by atoms with Crippen LogP contribution >= 0.6 is 0 Å². The first-order chi connectivity index (χ1) is 31.5. The quantitative estimate of drug-likeness (QED) is 0.0417. The molecule has 0 saturated carbocycles. The van der Waals surface area contributed by atoms with E-state index in [1.165, 1.54) is 263 Å². The number of amides is 1. The second-order valence-corrected chi connectivity index (χ2v) is 20.3. The molecule has 382 valence electrons. The fourth-order valence-electron chi connectivity index (χ4n) is 9.41. The lowest BCUT2D eigenvalue weighted by Crippen LogP contribution is -2.45. The second kappa shape index (κ2) is 54.5. The number of carbonyl (C=O) groups is 2. The van der Waals surface area contributed by atoms with E-state index in [1.807, 2.05) is 0 Å². The van der Waals surface area contributed by atoms with Crippen LogP contribution in [0.25, 0.3) is 0 Å². The molecule has 0 saturated heterocycles. The maximum atomic E-state index is 12.5. The molecule has 0 aromatic heterocycles. The third kappa shape index (κ3) is 50.3. The summed E-state index contributed by atoms with van der Waals surface area (Å²) >= 11 is 0. The lowest BCUT2D eigenvalue weighted by molar-refractivity contribution is -0.143. The van der Waals surface area contributed by atoms with Crippen molar-refractivity contribution in [1.82, 2.24) is 5.32 Å². The average molecular weight is 907 g/mol. The third-order valence-electron chi connectivity index (χ3n) is 13.9. The van der Waals surface area contributed by atoms with Gasteiger partial charge < -0.3 is 20.3 Å². The number of esters is 1. The van der Waals surface area contributed by atoms with Gasteiger partial charge in [0.15, 0.2) is 0 Å². The van der Waals surface area contributed by atoms with Crippen molar-refractivity contribution >= 4 is 11.9 Å². The van der Waals surface area contributed by atoms with Gasteiger partial charge in [0, 0.05) is 12.8 Å². The van der Waals surface area contributed by atoms with Gasteiger partial charge in [-0.15, -0.1) is 0 Å². The lowest BCUT2D eigenvalue weighted by Gasteiger charge is -2.22. The van der Waals surface area contributed by atoms with E-state index < -0.39 is 12.1 Å². The fraction of sp³-hybridized carbons (Fsp3) is 0.966. The average Bonchev–Trinajstić information content (AvgIpc) is 3.29. The lowest BCUT2D eigenvalue weighted by atomic mass is 10.0. The predicted octanol–water partition coefficient (Wildman–Crippen LogP) is 17.9. The summed E-state index contributed by atoms with van der Waals surface area (Å²) in [5.41, 5.74) is 0. The molecular formula is C58H115NO5. The Morgan fingerprint density at radius 3 is 0.953 bits per heavy atom. The molecule has 64 heavy (non-hydrogen) atoms. The molecule has 0 heterocycles. The van der Waals surface area contributed by atoms with Crippen molar-refractivity contribution < 1.29 is 24.5 Å². The van der Waals surface area contributed by atoms with Crippen LogP contribution in [-0.4, -0.2) is 47.4 Å². The van der Waals surface area contributed by atoms with E-state index in [4.69, 9.17) is 4.74 Å². The molecule has 6 heteroatoms. The monoisotopic (exact) mass is 906 g/mol. The predicted molar refractivity (Wildman–Crippen MR) is 278 cm³/mol. The standard InChI is InChI=1S/C58H115NO5/c1-3-5-7-9-11-13-15-27-30-34-38-42-46-50-56(61)55(54-60)59-57(62)51-47-43-39-35-31-28-25-23-21-19-17-18-20-22-24-26-29-33-37-41-45-49-53-64-58(63)52-48-44-40-36-32-16-14-12-10-8-6-4-2/h55-56,60-61H,3-54H2,1-2H3,(H,59,62). The van der Waals surface area contributed by atoms with Crippen LogP contribution in [-0.2, 0) is 14.3 Å². The minimum Gasteiger partial charge on any atom is -0.466 e. The first-order valence-corrected chi connectivity index (χ1v) is 29.3. The second-order valence-electron chi connectivity index (χ2n) is 20.3. The molecule has 0 bridgehead atoms. The summed E-state index contributed by atoms with van der Waals surface area (Å²) in [6, 6.07) is -0.539. The Hall–Kier alpha value is -1.14. The maximum Gasteiger partial charge on any atom is 0.305 e. The number of nitrogens with one attached hydrogen (secondary N) is 1. The molecule has 0 aromatic carbocycles. The SMILES string of the molecule is CCCCCCCCCCCCCCCC(O)C(CO)NC(=O)CCCCCCCCCCCCCCCCCCCCCCCCOC(=O)CCCCCCCCCCCCCC. The van der Waals surface area contributed by atoms with E-state index in [1.54, 1.807) is 0 Å². The van der Waals surface area contributed by atoms with Crippen LogP contribution in [0.2, 0.25) is 0 Å². The van der Waals surface area contributed by atoms with E-state index in [2.05, 4.69) is 19.2 Å². The zero-order chi connectivity index (χ0) is 46.5. The van der Waals surface area contributed by atoms with Crippen LogP contribution in [0, 0.1) is 0 Å². The number of rotatable bonds is 55. The fourth-order valence-corrected chi connectivity index (χ4v) is 9.41. The van der Waals surface area contributed by atoms with E-state index in [9.17, 15) is 19.8 Å². The van der Waals surface area contributed by atoms with E-state index in [-0.39, 0.29) is 18.5 Å². The number of unbranched alkanes of at least 4 members (excludes halogenated alkanes) is 44. The Labute approximate surface area is 400 Å². The summed E-state index contributed by atoms with van der Waals surface area (Å²) in [5.74, 6) is -0.0186. The Kier molecular flexibility index (Phi) is 53.5. The first-order valence-electron chi connectivity index (χ1n) is 29.3. The van der Waals surface area contributed by atoms with Gasteiger partial charge in [-0.05, 0) is 25.7 Å². The van der Waals surface area contributed by atoms with Gasteiger partial charge in [0.2, 0.25) is 5.91 Å². The van der Waals surface area contributed by atoms with Gasteiger partial charge in [-0.2, -0.15) is 0 Å². The number of ether oxygens (including phenoxy) is 1. The van der Waals surface area contributed by atoms with E-state index >= 15 is 0 Å². The summed E-state index contributed by atoms with van der Waals surface area (Å²) in [5, 5.41) is 23.2. The Morgan fingerprint density at radius 2 is 0.641 bits per heavy atom. The first kappa shape index (κ1) is 62.9. The highest BCUT2D eigenvalue weighted by atomic mass is 16.5. The molecule has 6 nitrogen and oxygen atoms in total. The summed E-state index contributed by atoms with van der Waals surface area (Å²) in [7, 11) is 0. The van der Waals surface area contributed by atoms with Gasteiger partial charge in [-0.3, -0.25) is 9.59 Å². The third-order valence-corrected chi connectivity index (χ3v) is 13.9. The van der Waals surface area contributed by atoms with Gasteiger partial charge in [0.25, 0.3) is 0 Å².